The van der Waals surface area contributed by atoms with Gasteiger partial charge in [0.05, 0.1) is 12.3 Å². The number of methoxy groups -OCH3 is 1. The number of hydrogen-bond acceptors (Lipinski definition) is 3. The van der Waals surface area contributed by atoms with E-state index in [1.165, 1.54) is 6.07 Å². The second kappa shape index (κ2) is 5.82. The van der Waals surface area contributed by atoms with Crippen molar-refractivity contribution in [1.29, 1.82) is 0 Å². The number of para-hydroxylation sites is 1. The summed E-state index contributed by atoms with van der Waals surface area (Å²) in [6, 6.07) is 4.80. The lowest BCUT2D eigenvalue weighted by atomic mass is 10.1. The van der Waals surface area contributed by atoms with Gasteiger partial charge in [0.15, 0.2) is 0 Å². The molecule has 0 amide bonds. The van der Waals surface area contributed by atoms with Crippen molar-refractivity contribution in [3.8, 4) is 0 Å². The van der Waals surface area contributed by atoms with Gasteiger partial charge in [-0.05, 0) is 18.6 Å². The third-order valence-corrected chi connectivity index (χ3v) is 2.52. The molecule has 0 aliphatic heterocycles. The molecule has 4 heteroatoms. The molecule has 0 spiro atoms. The highest BCUT2D eigenvalue weighted by molar-refractivity contribution is 5.55. The molecule has 0 unspecified atom stereocenters. The normalized spacial score (nSPS) is 12.6. The van der Waals surface area contributed by atoms with Gasteiger partial charge in [-0.25, -0.2) is 4.39 Å². The second-order valence-electron chi connectivity index (χ2n) is 3.88. The molecule has 1 aromatic carbocycles. The molecule has 1 aromatic rings. The van der Waals surface area contributed by atoms with Gasteiger partial charge in [-0.3, -0.25) is 0 Å². The van der Waals surface area contributed by atoms with Crippen LogP contribution in [0, 0.1) is 5.82 Å². The molecule has 3 nitrogen and oxygen atoms in total. The van der Waals surface area contributed by atoms with Crippen LogP contribution in [-0.2, 0) is 4.74 Å². The molecule has 0 aliphatic carbocycles. The predicted octanol–water partition coefficient (Wildman–Crippen LogP) is 1.93. The van der Waals surface area contributed by atoms with E-state index >= 15 is 0 Å². The first-order valence-electron chi connectivity index (χ1n) is 5.32. The maximum atomic E-state index is 13.8. The van der Waals surface area contributed by atoms with Crippen LogP contribution in [0.4, 0.5) is 10.1 Å². The van der Waals surface area contributed by atoms with Gasteiger partial charge in [0.25, 0.3) is 0 Å². The zero-order valence-electron chi connectivity index (χ0n) is 10.0. The first-order chi connectivity index (χ1) is 7.57. The summed E-state index contributed by atoms with van der Waals surface area (Å²) < 4.78 is 18.7. The third kappa shape index (κ3) is 2.93. The highest BCUT2D eigenvalue weighted by Crippen LogP contribution is 2.27. The van der Waals surface area contributed by atoms with Crippen molar-refractivity contribution in [3.05, 3.63) is 29.6 Å². The van der Waals surface area contributed by atoms with Gasteiger partial charge in [-0.15, -0.1) is 0 Å². The summed E-state index contributed by atoms with van der Waals surface area (Å²) in [6.07, 6.45) is 0. The fourth-order valence-electron chi connectivity index (χ4n) is 1.64. The molecule has 2 N–H and O–H groups in total. The molecule has 0 fully saturated rings. The van der Waals surface area contributed by atoms with Gasteiger partial charge >= 0.3 is 0 Å². The number of ether oxygens (including phenoxy) is 1. The Morgan fingerprint density at radius 3 is 2.75 bits per heavy atom. The zero-order valence-corrected chi connectivity index (χ0v) is 10.0. The molecule has 16 heavy (non-hydrogen) atoms. The van der Waals surface area contributed by atoms with E-state index in [1.807, 2.05) is 24.9 Å². The van der Waals surface area contributed by atoms with E-state index < -0.39 is 0 Å². The monoisotopic (exact) mass is 226 g/mol. The molecule has 1 atom stereocenters. The molecule has 0 radical (unpaired) electrons. The molecule has 90 valence electrons. The van der Waals surface area contributed by atoms with E-state index in [4.69, 9.17) is 10.5 Å². The molecular weight excluding hydrogens is 207 g/mol. The van der Waals surface area contributed by atoms with E-state index in [0.29, 0.717) is 18.8 Å². The van der Waals surface area contributed by atoms with Crippen LogP contribution in [0.2, 0.25) is 0 Å². The largest absolute Gasteiger partial charge is 0.383 e. The number of likely N-dealkylation sites (N-methyl/N-ethyl adjacent to an activating group) is 1. The van der Waals surface area contributed by atoms with E-state index in [-0.39, 0.29) is 11.9 Å². The highest BCUT2D eigenvalue weighted by atomic mass is 19.1. The van der Waals surface area contributed by atoms with Gasteiger partial charge in [-0.2, -0.15) is 0 Å². The van der Waals surface area contributed by atoms with Crippen molar-refractivity contribution in [2.24, 2.45) is 5.73 Å². The van der Waals surface area contributed by atoms with Crippen LogP contribution in [-0.4, -0.2) is 27.3 Å². The first kappa shape index (κ1) is 12.9. The molecule has 0 aromatic heterocycles. The van der Waals surface area contributed by atoms with Gasteiger partial charge in [0, 0.05) is 26.7 Å². The number of anilines is 1. The van der Waals surface area contributed by atoms with Crippen molar-refractivity contribution in [2.45, 2.75) is 13.0 Å². The highest BCUT2D eigenvalue weighted by Gasteiger charge is 2.14. The van der Waals surface area contributed by atoms with E-state index in [9.17, 15) is 4.39 Å². The maximum absolute atomic E-state index is 13.8. The molecule has 0 saturated carbocycles. The molecule has 1 rings (SSSR count). The van der Waals surface area contributed by atoms with Crippen molar-refractivity contribution >= 4 is 5.69 Å². The van der Waals surface area contributed by atoms with Gasteiger partial charge < -0.3 is 15.4 Å². The van der Waals surface area contributed by atoms with Crippen LogP contribution in [0.25, 0.3) is 0 Å². The minimum atomic E-state index is -0.242. The summed E-state index contributed by atoms with van der Waals surface area (Å²) in [5, 5.41) is 0. The lowest BCUT2D eigenvalue weighted by Crippen LogP contribution is -2.25. The summed E-state index contributed by atoms with van der Waals surface area (Å²) in [4.78, 5) is 1.83. The van der Waals surface area contributed by atoms with Crippen LogP contribution in [0.5, 0.6) is 0 Å². The summed E-state index contributed by atoms with van der Waals surface area (Å²) in [5.74, 6) is -0.242. The summed E-state index contributed by atoms with van der Waals surface area (Å²) in [7, 11) is 3.46. The Morgan fingerprint density at radius 2 is 2.19 bits per heavy atom. The fourth-order valence-corrected chi connectivity index (χ4v) is 1.64. The Labute approximate surface area is 96.0 Å². The van der Waals surface area contributed by atoms with Gasteiger partial charge in [0.1, 0.15) is 5.82 Å². The average molecular weight is 226 g/mol. The number of nitrogens with two attached hydrogens (primary N) is 1. The molecule has 0 heterocycles. The van der Waals surface area contributed by atoms with Crippen LogP contribution >= 0.6 is 0 Å². The van der Waals surface area contributed by atoms with Crippen molar-refractivity contribution in [3.63, 3.8) is 0 Å². The topological polar surface area (TPSA) is 38.5 Å². The smallest absolute Gasteiger partial charge is 0.146 e. The lowest BCUT2D eigenvalue weighted by Gasteiger charge is -2.24. The van der Waals surface area contributed by atoms with Crippen molar-refractivity contribution in [1.82, 2.24) is 0 Å². The number of nitrogens with zero attached hydrogens (tertiary/aromatic N) is 1. The Kier molecular flexibility index (Phi) is 4.71. The number of rotatable bonds is 5. The maximum Gasteiger partial charge on any atom is 0.146 e. The van der Waals surface area contributed by atoms with Crippen LogP contribution in [0.1, 0.15) is 18.5 Å². The van der Waals surface area contributed by atoms with Crippen LogP contribution < -0.4 is 10.6 Å². The summed E-state index contributed by atoms with van der Waals surface area (Å²) in [5.41, 5.74) is 7.21. The minimum Gasteiger partial charge on any atom is -0.383 e. The number of halogens is 1. The van der Waals surface area contributed by atoms with Crippen molar-refractivity contribution < 1.29 is 9.13 Å². The number of benzene rings is 1. The fraction of sp³-hybridized carbons (Fsp3) is 0.500. The third-order valence-electron chi connectivity index (χ3n) is 2.52. The molecule has 0 bridgehead atoms. The molecular formula is C12H19FN2O. The number of hydrogen-bond donors (Lipinski definition) is 1. The van der Waals surface area contributed by atoms with Crippen LogP contribution in [0.15, 0.2) is 18.2 Å². The van der Waals surface area contributed by atoms with Crippen molar-refractivity contribution in [2.75, 3.05) is 32.2 Å². The second-order valence-corrected chi connectivity index (χ2v) is 3.88. The van der Waals surface area contributed by atoms with E-state index in [1.54, 1.807) is 13.2 Å². The standard InChI is InChI=1S/C12H19FN2O/c1-9(14)10-5-4-6-11(13)12(10)15(2)7-8-16-3/h4-6,9H,7-8,14H2,1-3H3/t9-/m0/s1. The summed E-state index contributed by atoms with van der Waals surface area (Å²) in [6.45, 7) is 3.04. The minimum absolute atomic E-state index is 0.185. The Bertz CT molecular complexity index is 342. The van der Waals surface area contributed by atoms with Gasteiger partial charge in [0.2, 0.25) is 0 Å². The van der Waals surface area contributed by atoms with Gasteiger partial charge in [-0.1, -0.05) is 12.1 Å². The zero-order chi connectivity index (χ0) is 12.1. The Balaban J connectivity index is 3.00. The Morgan fingerprint density at radius 1 is 1.50 bits per heavy atom. The SMILES string of the molecule is COCCN(C)c1c(F)cccc1[C@H](C)N. The Hall–Kier alpha value is -1.13. The summed E-state index contributed by atoms with van der Waals surface area (Å²) >= 11 is 0. The first-order valence-corrected chi connectivity index (χ1v) is 5.32. The van der Waals surface area contributed by atoms with Crippen LogP contribution in [0.3, 0.4) is 0 Å². The molecule has 0 saturated heterocycles. The van der Waals surface area contributed by atoms with E-state index in [0.717, 1.165) is 5.56 Å². The molecule has 0 aliphatic rings. The van der Waals surface area contributed by atoms with E-state index in [2.05, 4.69) is 0 Å². The predicted molar refractivity (Wildman–Crippen MR) is 64.1 cm³/mol. The quantitative estimate of drug-likeness (QED) is 0.833. The lowest BCUT2D eigenvalue weighted by molar-refractivity contribution is 0.206. The average Bonchev–Trinajstić information content (AvgIpc) is 2.25.